The van der Waals surface area contributed by atoms with Crippen molar-refractivity contribution in [2.45, 2.75) is 30.7 Å². The van der Waals surface area contributed by atoms with Crippen LogP contribution in [0.5, 0.6) is 0 Å². The molecule has 1 aliphatic carbocycles. The first kappa shape index (κ1) is 10.3. The van der Waals surface area contributed by atoms with Gasteiger partial charge in [0.25, 0.3) is 0 Å². The van der Waals surface area contributed by atoms with Gasteiger partial charge < -0.3 is 10.2 Å². The minimum absolute atomic E-state index is 0.00940. The summed E-state index contributed by atoms with van der Waals surface area (Å²) in [4.78, 5) is 4.34. The van der Waals surface area contributed by atoms with Crippen LogP contribution in [0.3, 0.4) is 0 Å². The van der Waals surface area contributed by atoms with Gasteiger partial charge in [-0.05, 0) is 19.3 Å². The number of hydrogen-bond donors (Lipinski definition) is 1. The predicted octanol–water partition coefficient (Wildman–Crippen LogP) is 0.525. The van der Waals surface area contributed by atoms with Gasteiger partial charge in [-0.1, -0.05) is 0 Å². The number of aromatic nitrogens is 1. The summed E-state index contributed by atoms with van der Waals surface area (Å²) in [5.74, 6) is 1.00. The average molecular weight is 242 g/mol. The largest absolute Gasteiger partial charge is 0.447 e. The number of rotatable bonds is 2. The van der Waals surface area contributed by atoms with Crippen LogP contribution in [0.25, 0.3) is 0 Å². The Labute approximate surface area is 94.0 Å². The molecular formula is C10H14N2O3S. The van der Waals surface area contributed by atoms with Crippen molar-refractivity contribution >= 4 is 9.84 Å². The summed E-state index contributed by atoms with van der Waals surface area (Å²) in [7, 11) is -2.87. The zero-order valence-corrected chi connectivity index (χ0v) is 9.66. The van der Waals surface area contributed by atoms with Crippen molar-refractivity contribution in [3.63, 3.8) is 0 Å². The summed E-state index contributed by atoms with van der Waals surface area (Å²) in [6.07, 6.45) is 4.01. The molecule has 0 radical (unpaired) electrons. The first-order chi connectivity index (χ1) is 7.49. The zero-order valence-electron chi connectivity index (χ0n) is 8.85. The van der Waals surface area contributed by atoms with Crippen LogP contribution in [-0.2, 0) is 15.4 Å². The summed E-state index contributed by atoms with van der Waals surface area (Å²) >= 11 is 0. The molecule has 1 saturated carbocycles. The molecule has 1 atom stereocenters. The Balaban J connectivity index is 1.83. The predicted molar refractivity (Wildman–Crippen MR) is 57.6 cm³/mol. The van der Waals surface area contributed by atoms with Crippen molar-refractivity contribution in [1.82, 2.24) is 4.98 Å². The Morgan fingerprint density at radius 2 is 2.25 bits per heavy atom. The summed E-state index contributed by atoms with van der Waals surface area (Å²) in [5, 5.41) is 0. The molecule has 1 saturated heterocycles. The molecule has 16 heavy (non-hydrogen) atoms. The van der Waals surface area contributed by atoms with E-state index in [-0.39, 0.29) is 23.0 Å². The van der Waals surface area contributed by atoms with Crippen LogP contribution in [0.2, 0.25) is 0 Å². The Kier molecular flexibility index (Phi) is 1.98. The van der Waals surface area contributed by atoms with Crippen LogP contribution in [0, 0.1) is 0 Å². The van der Waals surface area contributed by atoms with Gasteiger partial charge in [0.15, 0.2) is 9.84 Å². The average Bonchev–Trinajstić information content (AvgIpc) is 2.68. The second-order valence-electron chi connectivity index (χ2n) is 4.83. The lowest BCUT2D eigenvalue weighted by Gasteiger charge is -2.02. The molecule has 2 aliphatic rings. The van der Waals surface area contributed by atoms with Crippen molar-refractivity contribution in [2.24, 2.45) is 5.73 Å². The number of oxazole rings is 1. The molecule has 0 spiro atoms. The Hall–Kier alpha value is -0.880. The molecule has 1 aromatic heterocycles. The van der Waals surface area contributed by atoms with Crippen molar-refractivity contribution in [3.05, 3.63) is 17.8 Å². The molecule has 1 aromatic rings. The lowest BCUT2D eigenvalue weighted by molar-refractivity contribution is 0.440. The molecular weight excluding hydrogens is 228 g/mol. The van der Waals surface area contributed by atoms with E-state index in [4.69, 9.17) is 10.2 Å². The highest BCUT2D eigenvalue weighted by molar-refractivity contribution is 7.91. The van der Waals surface area contributed by atoms with Crippen molar-refractivity contribution in [1.29, 1.82) is 0 Å². The number of nitrogens with two attached hydrogens (primary N) is 1. The van der Waals surface area contributed by atoms with E-state index in [2.05, 4.69) is 4.98 Å². The fourth-order valence-corrected chi connectivity index (χ4v) is 3.84. The smallest absolute Gasteiger partial charge is 0.214 e. The number of hydrogen-bond acceptors (Lipinski definition) is 5. The van der Waals surface area contributed by atoms with E-state index in [0.29, 0.717) is 12.3 Å². The van der Waals surface area contributed by atoms with Crippen molar-refractivity contribution in [3.8, 4) is 0 Å². The summed E-state index contributed by atoms with van der Waals surface area (Å²) in [6.45, 7) is 0. The van der Waals surface area contributed by atoms with Crippen molar-refractivity contribution < 1.29 is 12.8 Å². The van der Waals surface area contributed by atoms with E-state index in [9.17, 15) is 8.42 Å². The molecule has 0 bridgehead atoms. The highest BCUT2D eigenvalue weighted by Crippen LogP contribution is 2.42. The third-order valence-electron chi connectivity index (χ3n) is 3.39. The normalized spacial score (nSPS) is 30.4. The molecule has 6 heteroatoms. The monoisotopic (exact) mass is 242 g/mol. The topological polar surface area (TPSA) is 86.2 Å². The molecule has 2 N–H and O–H groups in total. The van der Waals surface area contributed by atoms with E-state index in [1.807, 2.05) is 0 Å². The quantitative estimate of drug-likeness (QED) is 0.817. The zero-order chi connectivity index (χ0) is 11.4. The van der Waals surface area contributed by atoms with Crippen LogP contribution in [0.15, 0.2) is 10.7 Å². The second kappa shape index (κ2) is 3.07. The summed E-state index contributed by atoms with van der Waals surface area (Å²) < 4.78 is 28.0. The fraction of sp³-hybridized carbons (Fsp3) is 0.700. The Morgan fingerprint density at radius 3 is 2.81 bits per heavy atom. The SMILES string of the molecule is NC1(c2nc(C3CCS(=O)(=O)C3)co2)CC1. The summed E-state index contributed by atoms with van der Waals surface area (Å²) in [6, 6.07) is 0. The maximum absolute atomic E-state index is 11.3. The maximum Gasteiger partial charge on any atom is 0.214 e. The molecule has 5 nitrogen and oxygen atoms in total. The third kappa shape index (κ3) is 1.66. The number of nitrogens with zero attached hydrogens (tertiary/aromatic N) is 1. The second-order valence-corrected chi connectivity index (χ2v) is 7.06. The van der Waals surface area contributed by atoms with E-state index in [1.165, 1.54) is 0 Å². The minimum atomic E-state index is -2.87. The first-order valence-electron chi connectivity index (χ1n) is 5.44. The van der Waals surface area contributed by atoms with Crippen LogP contribution in [0.4, 0.5) is 0 Å². The van der Waals surface area contributed by atoms with Crippen molar-refractivity contribution in [2.75, 3.05) is 11.5 Å². The van der Waals surface area contributed by atoms with Gasteiger partial charge in [-0.2, -0.15) is 0 Å². The highest BCUT2D eigenvalue weighted by Gasteiger charge is 2.45. The lowest BCUT2D eigenvalue weighted by atomic mass is 10.1. The van der Waals surface area contributed by atoms with E-state index < -0.39 is 9.84 Å². The standard InChI is InChI=1S/C10H14N2O3S/c11-10(2-3-10)9-12-8(5-15-9)7-1-4-16(13,14)6-7/h5,7H,1-4,6,11H2. The molecule has 88 valence electrons. The lowest BCUT2D eigenvalue weighted by Crippen LogP contribution is -2.19. The van der Waals surface area contributed by atoms with Gasteiger partial charge in [-0.25, -0.2) is 13.4 Å². The molecule has 0 amide bonds. The van der Waals surface area contributed by atoms with Gasteiger partial charge >= 0.3 is 0 Å². The highest BCUT2D eigenvalue weighted by atomic mass is 32.2. The first-order valence-corrected chi connectivity index (χ1v) is 7.26. The third-order valence-corrected chi connectivity index (χ3v) is 5.16. The van der Waals surface area contributed by atoms with Gasteiger partial charge in [0, 0.05) is 5.92 Å². The van der Waals surface area contributed by atoms with Gasteiger partial charge in [-0.15, -0.1) is 0 Å². The Bertz CT molecular complexity index is 516. The molecule has 0 aromatic carbocycles. The maximum atomic E-state index is 11.3. The molecule has 1 aliphatic heterocycles. The molecule has 2 heterocycles. The van der Waals surface area contributed by atoms with Crippen LogP contribution < -0.4 is 5.73 Å². The molecule has 1 unspecified atom stereocenters. The Morgan fingerprint density at radius 1 is 1.50 bits per heavy atom. The van der Waals surface area contributed by atoms with Gasteiger partial charge in [0.2, 0.25) is 5.89 Å². The minimum Gasteiger partial charge on any atom is -0.447 e. The van der Waals surface area contributed by atoms with Gasteiger partial charge in [0.1, 0.15) is 6.26 Å². The van der Waals surface area contributed by atoms with Crippen LogP contribution in [0.1, 0.15) is 36.8 Å². The van der Waals surface area contributed by atoms with Crippen LogP contribution >= 0.6 is 0 Å². The van der Waals surface area contributed by atoms with Gasteiger partial charge in [0.05, 0.1) is 22.7 Å². The van der Waals surface area contributed by atoms with E-state index in [1.54, 1.807) is 6.26 Å². The van der Waals surface area contributed by atoms with Gasteiger partial charge in [-0.3, -0.25) is 0 Å². The van der Waals surface area contributed by atoms with Crippen LogP contribution in [-0.4, -0.2) is 24.9 Å². The molecule has 3 rings (SSSR count). The molecule has 2 fully saturated rings. The van der Waals surface area contributed by atoms with E-state index >= 15 is 0 Å². The summed E-state index contributed by atoms with van der Waals surface area (Å²) in [5.41, 5.74) is 6.32. The fourth-order valence-electron chi connectivity index (χ4n) is 2.08. The number of sulfone groups is 1. The van der Waals surface area contributed by atoms with E-state index in [0.717, 1.165) is 18.5 Å².